The van der Waals surface area contributed by atoms with E-state index >= 15 is 0 Å². The van der Waals surface area contributed by atoms with Crippen LogP contribution in [0.3, 0.4) is 0 Å². The number of carbonyl (C=O) groups is 3. The monoisotopic (exact) mass is 504 g/mol. The Kier molecular flexibility index (Phi) is 8.32. The van der Waals surface area contributed by atoms with Gasteiger partial charge in [0.25, 0.3) is 0 Å². The van der Waals surface area contributed by atoms with Crippen LogP contribution in [0.4, 0.5) is 0 Å². The second-order valence-corrected chi connectivity index (χ2v) is 8.51. The maximum Gasteiger partial charge on any atom is 0.338 e. The van der Waals surface area contributed by atoms with E-state index in [1.54, 1.807) is 97.9 Å². The van der Waals surface area contributed by atoms with E-state index in [0.29, 0.717) is 16.7 Å². The van der Waals surface area contributed by atoms with Crippen molar-refractivity contribution in [1.29, 1.82) is 0 Å². The summed E-state index contributed by atoms with van der Waals surface area (Å²) in [5.74, 6) is -1.84. The molecule has 0 saturated carbocycles. The molecule has 8 nitrogen and oxygen atoms in total. The highest BCUT2D eigenvalue weighted by molar-refractivity contribution is 5.91. The van der Waals surface area contributed by atoms with Gasteiger partial charge < -0.3 is 23.7 Å². The molecule has 1 saturated heterocycles. The molecule has 0 N–H and O–H groups in total. The highest BCUT2D eigenvalue weighted by atomic mass is 16.7. The van der Waals surface area contributed by atoms with Crippen molar-refractivity contribution in [3.8, 4) is 0 Å². The molecular weight excluding hydrogens is 476 g/mol. The van der Waals surface area contributed by atoms with Crippen LogP contribution in [0.1, 0.15) is 44.4 Å². The molecule has 1 heterocycles. The number of ether oxygens (including phenoxy) is 5. The van der Waals surface area contributed by atoms with Crippen LogP contribution in [-0.4, -0.2) is 55.7 Å². The number of benzene rings is 3. The summed E-state index contributed by atoms with van der Waals surface area (Å²) in [7, 11) is 1.39. The van der Waals surface area contributed by atoms with E-state index in [1.807, 2.05) is 0 Å². The summed E-state index contributed by atoms with van der Waals surface area (Å²) in [5, 5.41) is 0. The Morgan fingerprint density at radius 3 is 1.65 bits per heavy atom. The minimum absolute atomic E-state index is 0.261. The fourth-order valence-corrected chi connectivity index (χ4v) is 4.15. The molecule has 3 aromatic rings. The topological polar surface area (TPSA) is 97.4 Å². The van der Waals surface area contributed by atoms with Crippen LogP contribution in [0, 0.1) is 0 Å². The van der Waals surface area contributed by atoms with Crippen LogP contribution in [-0.2, 0) is 23.7 Å². The molecule has 3 aromatic carbocycles. The van der Waals surface area contributed by atoms with Gasteiger partial charge in [0.05, 0.1) is 16.7 Å². The normalized spacial score (nSPS) is 22.7. The van der Waals surface area contributed by atoms with Gasteiger partial charge in [-0.3, -0.25) is 0 Å². The Balaban J connectivity index is 1.63. The third-order valence-electron chi connectivity index (χ3n) is 6.22. The summed E-state index contributed by atoms with van der Waals surface area (Å²) < 4.78 is 29.0. The molecule has 0 bridgehead atoms. The number of methoxy groups -OCH3 is 1. The molecular formula is C29H28O8. The number of esters is 3. The van der Waals surface area contributed by atoms with Gasteiger partial charge in [0.15, 0.2) is 18.5 Å². The lowest BCUT2D eigenvalue weighted by molar-refractivity contribution is -0.189. The standard InChI is InChI=1S/C29H28O8/c1-3-29(19-34-25(30)20-13-7-4-8-14-20)24(36-27(32)22-17-11-6-12-18-22)23(28(33-2)37-29)35-26(31)21-15-9-5-10-16-21/h4-18,23-24,28H,3,19H2,1-2H3/t23-,24+,28?,29-/m1/s1. The van der Waals surface area contributed by atoms with Crippen molar-refractivity contribution >= 4 is 17.9 Å². The number of rotatable bonds is 9. The Morgan fingerprint density at radius 1 is 0.730 bits per heavy atom. The van der Waals surface area contributed by atoms with Gasteiger partial charge in [0, 0.05) is 7.11 Å². The minimum Gasteiger partial charge on any atom is -0.459 e. The van der Waals surface area contributed by atoms with Gasteiger partial charge in [-0.1, -0.05) is 61.5 Å². The maximum atomic E-state index is 13.1. The molecule has 0 spiro atoms. The summed E-state index contributed by atoms with van der Waals surface area (Å²) in [6.45, 7) is 1.54. The molecule has 192 valence electrons. The fraction of sp³-hybridized carbons (Fsp3) is 0.276. The molecule has 8 heteroatoms. The Hall–Kier alpha value is -4.01. The van der Waals surface area contributed by atoms with Gasteiger partial charge in [-0.2, -0.15) is 0 Å². The van der Waals surface area contributed by atoms with Crippen LogP contribution in [0.5, 0.6) is 0 Å². The second kappa shape index (κ2) is 11.8. The van der Waals surface area contributed by atoms with Crippen molar-refractivity contribution in [1.82, 2.24) is 0 Å². The zero-order valence-corrected chi connectivity index (χ0v) is 20.6. The molecule has 0 amide bonds. The molecule has 1 fully saturated rings. The summed E-state index contributed by atoms with van der Waals surface area (Å²) >= 11 is 0. The molecule has 0 aliphatic carbocycles. The number of carbonyl (C=O) groups excluding carboxylic acids is 3. The fourth-order valence-electron chi connectivity index (χ4n) is 4.15. The average molecular weight is 505 g/mol. The maximum absolute atomic E-state index is 13.1. The molecule has 1 aliphatic rings. The lowest BCUT2D eigenvalue weighted by Crippen LogP contribution is -2.50. The Morgan fingerprint density at radius 2 is 1.19 bits per heavy atom. The van der Waals surface area contributed by atoms with E-state index in [2.05, 4.69) is 0 Å². The van der Waals surface area contributed by atoms with Gasteiger partial charge in [0.1, 0.15) is 12.2 Å². The van der Waals surface area contributed by atoms with Gasteiger partial charge in [-0.25, -0.2) is 14.4 Å². The largest absolute Gasteiger partial charge is 0.459 e. The first-order chi connectivity index (χ1) is 18.0. The summed E-state index contributed by atoms with van der Waals surface area (Å²) in [4.78, 5) is 38.8. The minimum atomic E-state index is -1.34. The number of hydrogen-bond acceptors (Lipinski definition) is 8. The van der Waals surface area contributed by atoms with Crippen molar-refractivity contribution in [2.45, 2.75) is 37.4 Å². The highest BCUT2D eigenvalue weighted by Gasteiger charge is 2.59. The predicted octanol–water partition coefficient (Wildman–Crippen LogP) is 4.45. The molecule has 37 heavy (non-hydrogen) atoms. The molecule has 0 radical (unpaired) electrons. The van der Waals surface area contributed by atoms with Crippen LogP contribution in [0.25, 0.3) is 0 Å². The van der Waals surface area contributed by atoms with Gasteiger partial charge in [-0.15, -0.1) is 0 Å². The summed E-state index contributed by atoms with van der Waals surface area (Å²) in [5.41, 5.74) is -0.352. The molecule has 1 unspecified atom stereocenters. The zero-order valence-electron chi connectivity index (χ0n) is 20.6. The van der Waals surface area contributed by atoms with Gasteiger partial charge >= 0.3 is 17.9 Å². The van der Waals surface area contributed by atoms with E-state index in [9.17, 15) is 14.4 Å². The van der Waals surface area contributed by atoms with Crippen LogP contribution < -0.4 is 0 Å². The third kappa shape index (κ3) is 5.87. The van der Waals surface area contributed by atoms with E-state index < -0.39 is 42.0 Å². The Bertz CT molecular complexity index is 1200. The first kappa shape index (κ1) is 26.1. The predicted molar refractivity (Wildman–Crippen MR) is 133 cm³/mol. The van der Waals surface area contributed by atoms with Gasteiger partial charge in [0.2, 0.25) is 0 Å². The first-order valence-electron chi connectivity index (χ1n) is 11.9. The first-order valence-corrected chi connectivity index (χ1v) is 11.9. The third-order valence-corrected chi connectivity index (χ3v) is 6.22. The van der Waals surface area contributed by atoms with E-state index in [-0.39, 0.29) is 13.0 Å². The lowest BCUT2D eigenvalue weighted by Gasteiger charge is -2.33. The quantitative estimate of drug-likeness (QED) is 0.312. The molecule has 4 rings (SSSR count). The number of hydrogen-bond donors (Lipinski definition) is 0. The highest BCUT2D eigenvalue weighted by Crippen LogP contribution is 2.39. The van der Waals surface area contributed by atoms with Gasteiger partial charge in [-0.05, 0) is 42.8 Å². The summed E-state index contributed by atoms with van der Waals surface area (Å²) in [6, 6.07) is 25.3. The van der Waals surface area contributed by atoms with Crippen molar-refractivity contribution in [2.24, 2.45) is 0 Å². The Labute approximate surface area is 215 Å². The van der Waals surface area contributed by atoms with E-state index in [0.717, 1.165) is 0 Å². The van der Waals surface area contributed by atoms with Crippen LogP contribution in [0.2, 0.25) is 0 Å². The molecule has 1 aliphatic heterocycles. The lowest BCUT2D eigenvalue weighted by atomic mass is 9.92. The van der Waals surface area contributed by atoms with Crippen LogP contribution in [0.15, 0.2) is 91.0 Å². The molecule has 4 atom stereocenters. The molecule has 0 aromatic heterocycles. The smallest absolute Gasteiger partial charge is 0.338 e. The van der Waals surface area contributed by atoms with Crippen molar-refractivity contribution in [2.75, 3.05) is 13.7 Å². The average Bonchev–Trinajstić information content (AvgIpc) is 3.25. The van der Waals surface area contributed by atoms with E-state index in [1.165, 1.54) is 7.11 Å². The van der Waals surface area contributed by atoms with Crippen molar-refractivity contribution in [3.63, 3.8) is 0 Å². The van der Waals surface area contributed by atoms with Crippen LogP contribution >= 0.6 is 0 Å². The van der Waals surface area contributed by atoms with Crippen molar-refractivity contribution in [3.05, 3.63) is 108 Å². The summed E-state index contributed by atoms with van der Waals surface area (Å²) in [6.07, 6.45) is -3.06. The second-order valence-electron chi connectivity index (χ2n) is 8.51. The zero-order chi connectivity index (χ0) is 26.3. The SMILES string of the molecule is CC[C@]1(COC(=O)c2ccccc2)OC(OC)[C@H](OC(=O)c2ccccc2)[C@@H]1OC(=O)c1ccccc1. The van der Waals surface area contributed by atoms with Crippen molar-refractivity contribution < 1.29 is 38.1 Å². The van der Waals surface area contributed by atoms with E-state index in [4.69, 9.17) is 23.7 Å².